The molecule has 0 amide bonds. The molecule has 1 heterocycles. The number of allylic oxidation sites excluding steroid dienone is 1. The Kier molecular flexibility index (Phi) is 3.98. The van der Waals surface area contributed by atoms with Gasteiger partial charge in [0.15, 0.2) is 11.6 Å². The van der Waals surface area contributed by atoms with Crippen molar-refractivity contribution < 1.29 is 9.53 Å². The van der Waals surface area contributed by atoms with Crippen LogP contribution in [0.5, 0.6) is 5.75 Å². The molecule has 124 valence electrons. The van der Waals surface area contributed by atoms with E-state index in [9.17, 15) is 4.79 Å². The molecule has 3 aromatic rings. The summed E-state index contributed by atoms with van der Waals surface area (Å²) < 4.78 is 6.22. The third-order valence-corrected chi connectivity index (χ3v) is 4.62. The fraction of sp³-hybridized carbons (Fsp3) is 0.136. The maximum Gasteiger partial charge on any atom is 0.196 e. The highest BCUT2D eigenvalue weighted by Gasteiger charge is 2.26. The molecule has 0 bridgehead atoms. The number of benzene rings is 3. The number of hydrogen-bond acceptors (Lipinski definition) is 3. The molecule has 25 heavy (non-hydrogen) atoms. The van der Waals surface area contributed by atoms with Crippen molar-refractivity contribution in [3.63, 3.8) is 0 Å². The molecule has 0 radical (unpaired) electrons. The molecule has 1 aliphatic rings. The number of rotatable bonds is 4. The lowest BCUT2D eigenvalue weighted by Crippen LogP contribution is -2.19. The van der Waals surface area contributed by atoms with Crippen molar-refractivity contribution in [2.75, 3.05) is 11.4 Å². The molecular weight excluding hydrogens is 310 g/mol. The Morgan fingerprint density at radius 2 is 1.80 bits per heavy atom. The second-order valence-electron chi connectivity index (χ2n) is 6.04. The van der Waals surface area contributed by atoms with Crippen molar-refractivity contribution >= 4 is 22.7 Å². The number of carbonyl (C=O) groups excluding carboxylic acids is 1. The zero-order valence-electron chi connectivity index (χ0n) is 14.1. The number of hydrogen-bond donors (Lipinski definition) is 0. The van der Waals surface area contributed by atoms with Gasteiger partial charge in [-0.25, -0.2) is 0 Å². The Bertz CT molecular complexity index is 975. The Hall–Kier alpha value is -3.07. The van der Waals surface area contributed by atoms with Crippen LogP contribution in [0.2, 0.25) is 0 Å². The summed E-state index contributed by atoms with van der Waals surface area (Å²) in [4.78, 5) is 13.4. The lowest BCUT2D eigenvalue weighted by Gasteiger charge is -2.15. The van der Waals surface area contributed by atoms with E-state index in [0.717, 1.165) is 46.7 Å². The van der Waals surface area contributed by atoms with E-state index >= 15 is 0 Å². The summed E-state index contributed by atoms with van der Waals surface area (Å²) >= 11 is 0. The van der Waals surface area contributed by atoms with E-state index in [1.165, 1.54) is 5.39 Å². The summed E-state index contributed by atoms with van der Waals surface area (Å²) in [5.74, 6) is 1.74. The Morgan fingerprint density at radius 3 is 2.64 bits per heavy atom. The standard InChI is InChI=1S/C22H19NO2/c1-2-23-20-13-11-17-8-5-6-10-19(17)22(20)25-21(23)14-12-16-7-3-4-9-18(16)15-24/h3-11,13-15H,2,12H2,1H3/b21-14+. The number of aldehydes is 1. The minimum atomic E-state index is 0.659. The summed E-state index contributed by atoms with van der Waals surface area (Å²) in [6.45, 7) is 2.94. The molecule has 0 saturated heterocycles. The van der Waals surface area contributed by atoms with Crippen LogP contribution in [-0.2, 0) is 6.42 Å². The smallest absolute Gasteiger partial charge is 0.196 e. The second kappa shape index (κ2) is 6.44. The molecule has 3 heteroatoms. The molecule has 0 aliphatic carbocycles. The minimum absolute atomic E-state index is 0.659. The molecule has 1 aliphatic heterocycles. The fourth-order valence-electron chi connectivity index (χ4n) is 3.34. The first kappa shape index (κ1) is 15.5. The van der Waals surface area contributed by atoms with Gasteiger partial charge in [-0.2, -0.15) is 0 Å². The highest BCUT2D eigenvalue weighted by Crippen LogP contribution is 2.43. The molecule has 0 unspecified atom stereocenters. The van der Waals surface area contributed by atoms with Gasteiger partial charge in [0, 0.05) is 17.5 Å². The molecule has 3 aromatic carbocycles. The monoisotopic (exact) mass is 329 g/mol. The first-order chi connectivity index (χ1) is 12.3. The van der Waals surface area contributed by atoms with Gasteiger partial charge in [-0.15, -0.1) is 0 Å². The van der Waals surface area contributed by atoms with Crippen molar-refractivity contribution in [1.29, 1.82) is 0 Å². The molecule has 3 nitrogen and oxygen atoms in total. The number of carbonyl (C=O) groups is 1. The van der Waals surface area contributed by atoms with Crippen LogP contribution in [0.25, 0.3) is 10.8 Å². The van der Waals surface area contributed by atoms with Gasteiger partial charge in [0.1, 0.15) is 6.29 Å². The zero-order valence-corrected chi connectivity index (χ0v) is 14.1. The lowest BCUT2D eigenvalue weighted by molar-refractivity contribution is 0.112. The molecule has 0 saturated carbocycles. The van der Waals surface area contributed by atoms with E-state index in [-0.39, 0.29) is 0 Å². The largest absolute Gasteiger partial charge is 0.438 e. The number of fused-ring (bicyclic) bond motifs is 3. The predicted molar refractivity (Wildman–Crippen MR) is 101 cm³/mol. The van der Waals surface area contributed by atoms with E-state index in [0.29, 0.717) is 6.42 Å². The van der Waals surface area contributed by atoms with Gasteiger partial charge < -0.3 is 9.64 Å². The molecule has 0 spiro atoms. The molecular formula is C22H19NO2. The van der Waals surface area contributed by atoms with Crippen LogP contribution in [-0.4, -0.2) is 12.8 Å². The van der Waals surface area contributed by atoms with Gasteiger partial charge in [-0.3, -0.25) is 4.79 Å². The number of ether oxygens (including phenoxy) is 1. The maximum atomic E-state index is 11.2. The summed E-state index contributed by atoms with van der Waals surface area (Å²) in [6.07, 6.45) is 3.62. The van der Waals surface area contributed by atoms with Crippen molar-refractivity contribution in [1.82, 2.24) is 0 Å². The van der Waals surface area contributed by atoms with Gasteiger partial charge in [0.25, 0.3) is 0 Å². The molecule has 0 N–H and O–H groups in total. The molecule has 0 fully saturated rings. The highest BCUT2D eigenvalue weighted by molar-refractivity contribution is 5.95. The topological polar surface area (TPSA) is 29.5 Å². The van der Waals surface area contributed by atoms with E-state index < -0.39 is 0 Å². The van der Waals surface area contributed by atoms with Crippen molar-refractivity contribution in [3.8, 4) is 5.75 Å². The maximum absolute atomic E-state index is 11.2. The van der Waals surface area contributed by atoms with Crippen LogP contribution in [0.3, 0.4) is 0 Å². The zero-order chi connectivity index (χ0) is 17.2. The van der Waals surface area contributed by atoms with Crippen LogP contribution in [0.4, 0.5) is 5.69 Å². The van der Waals surface area contributed by atoms with Crippen LogP contribution >= 0.6 is 0 Å². The number of anilines is 1. The summed E-state index contributed by atoms with van der Waals surface area (Å²) in [6, 6.07) is 20.2. The van der Waals surface area contributed by atoms with Gasteiger partial charge >= 0.3 is 0 Å². The first-order valence-electron chi connectivity index (χ1n) is 8.52. The normalized spacial score (nSPS) is 14.6. The van der Waals surface area contributed by atoms with Gasteiger partial charge in [-0.05, 0) is 36.4 Å². The summed E-state index contributed by atoms with van der Waals surface area (Å²) in [5.41, 5.74) is 2.82. The van der Waals surface area contributed by atoms with Crippen molar-refractivity contribution in [3.05, 3.63) is 83.7 Å². The van der Waals surface area contributed by atoms with E-state index in [1.54, 1.807) is 0 Å². The third-order valence-electron chi connectivity index (χ3n) is 4.62. The average molecular weight is 329 g/mol. The first-order valence-corrected chi connectivity index (χ1v) is 8.52. The van der Waals surface area contributed by atoms with Crippen LogP contribution in [0.15, 0.2) is 72.6 Å². The molecule has 4 rings (SSSR count). The summed E-state index contributed by atoms with van der Waals surface area (Å²) in [7, 11) is 0. The van der Waals surface area contributed by atoms with E-state index in [2.05, 4.69) is 42.2 Å². The Morgan fingerprint density at radius 1 is 1.00 bits per heavy atom. The predicted octanol–water partition coefficient (Wildman–Crippen LogP) is 4.96. The van der Waals surface area contributed by atoms with E-state index in [4.69, 9.17) is 4.74 Å². The number of nitrogens with zero attached hydrogens (tertiary/aromatic N) is 1. The van der Waals surface area contributed by atoms with Crippen LogP contribution in [0.1, 0.15) is 22.8 Å². The van der Waals surface area contributed by atoms with Gasteiger partial charge in [0.2, 0.25) is 0 Å². The van der Waals surface area contributed by atoms with Crippen molar-refractivity contribution in [2.45, 2.75) is 13.3 Å². The SMILES string of the molecule is CCN1/C(=C\Cc2ccccc2C=O)Oc2c1ccc1ccccc21. The van der Waals surface area contributed by atoms with Crippen molar-refractivity contribution in [2.24, 2.45) is 0 Å². The van der Waals surface area contributed by atoms with Crippen LogP contribution in [0, 0.1) is 0 Å². The van der Waals surface area contributed by atoms with Gasteiger partial charge in [0.05, 0.1) is 5.69 Å². The quantitative estimate of drug-likeness (QED) is 0.634. The molecule has 0 aromatic heterocycles. The third kappa shape index (κ3) is 2.68. The van der Waals surface area contributed by atoms with Crippen LogP contribution < -0.4 is 9.64 Å². The average Bonchev–Trinajstić information content (AvgIpc) is 3.04. The Labute approximate surface area is 147 Å². The van der Waals surface area contributed by atoms with Gasteiger partial charge in [-0.1, -0.05) is 54.6 Å². The highest BCUT2D eigenvalue weighted by atomic mass is 16.5. The lowest BCUT2D eigenvalue weighted by atomic mass is 10.1. The summed E-state index contributed by atoms with van der Waals surface area (Å²) in [5, 5.41) is 2.29. The second-order valence-corrected chi connectivity index (χ2v) is 6.04. The fourth-order valence-corrected chi connectivity index (χ4v) is 3.34. The minimum Gasteiger partial charge on any atom is -0.438 e. The van der Waals surface area contributed by atoms with E-state index in [1.807, 2.05) is 36.4 Å². The Balaban J connectivity index is 1.71. The molecule has 0 atom stereocenters.